The molecule has 0 saturated carbocycles. The van der Waals surface area contributed by atoms with Crippen molar-refractivity contribution in [2.75, 3.05) is 6.61 Å². The van der Waals surface area contributed by atoms with Crippen LogP contribution in [-0.2, 0) is 90.7 Å². The van der Waals surface area contributed by atoms with Gasteiger partial charge < -0.3 is 63.1 Å². The molecule has 3 aliphatic heterocycles. The number of aromatic nitrogens is 6. The van der Waals surface area contributed by atoms with Gasteiger partial charge in [-0.05, 0) is 124 Å². The molecule has 0 aliphatic carbocycles. The van der Waals surface area contributed by atoms with Crippen molar-refractivity contribution in [2.24, 2.45) is 0 Å². The Morgan fingerprint density at radius 1 is 0.427 bits per heavy atom. The molecule has 0 bridgehead atoms. The largest absolute Gasteiger partial charge is 0.456 e. The second-order valence-corrected chi connectivity index (χ2v) is 31.7. The number of aliphatic hydroxyl groups excluding tert-OH is 4. The highest BCUT2D eigenvalue weighted by atomic mass is 79.9. The van der Waals surface area contributed by atoms with Gasteiger partial charge in [0.25, 0.3) is 0 Å². The van der Waals surface area contributed by atoms with E-state index in [0.29, 0.717) is 63.9 Å². The summed E-state index contributed by atoms with van der Waals surface area (Å²) in [5.41, 5.74) is 7.09. The van der Waals surface area contributed by atoms with Crippen LogP contribution in [0.25, 0.3) is 21.1 Å². The van der Waals surface area contributed by atoms with Crippen molar-refractivity contribution in [1.82, 2.24) is 29.9 Å². The average Bonchev–Trinajstić information content (AvgIpc) is 0.862. The number of thiophene rings is 3. The average molecular weight is 1690 g/mol. The molecule has 12 rings (SSSR count). The Morgan fingerprint density at radius 3 is 1.11 bits per heavy atom. The first-order valence-electron chi connectivity index (χ1n) is 34.8. The molecule has 3 aliphatic rings. The summed E-state index contributed by atoms with van der Waals surface area (Å²) in [5, 5.41) is 41.6. The summed E-state index contributed by atoms with van der Waals surface area (Å²) in [6.45, 7) is 12.7. The van der Waals surface area contributed by atoms with Crippen LogP contribution in [0.1, 0.15) is 140 Å². The Hall–Kier alpha value is -8.11. The molecule has 3 aromatic carbocycles. The van der Waals surface area contributed by atoms with Crippen molar-refractivity contribution in [3.63, 3.8) is 0 Å². The van der Waals surface area contributed by atoms with Gasteiger partial charge in [0.15, 0.2) is 36.6 Å². The maximum atomic E-state index is 12.1. The second-order valence-electron chi connectivity index (χ2n) is 25.5. The van der Waals surface area contributed by atoms with Gasteiger partial charge in [-0.1, -0.05) is 85.0 Å². The van der Waals surface area contributed by atoms with Gasteiger partial charge in [0, 0.05) is 134 Å². The van der Waals surface area contributed by atoms with Crippen molar-refractivity contribution >= 4 is 121 Å². The van der Waals surface area contributed by atoms with Crippen LogP contribution in [0.15, 0.2) is 151 Å². The van der Waals surface area contributed by atoms with Crippen LogP contribution in [-0.4, -0.2) is 166 Å². The summed E-state index contributed by atoms with van der Waals surface area (Å²) < 4.78 is 52.7. The van der Waals surface area contributed by atoms with Gasteiger partial charge in [-0.2, -0.15) is 0 Å². The van der Waals surface area contributed by atoms with E-state index in [2.05, 4.69) is 45.8 Å². The van der Waals surface area contributed by atoms with E-state index in [1.165, 1.54) is 41.5 Å². The molecular weight excluding hydrogens is 1610 g/mol. The van der Waals surface area contributed by atoms with Gasteiger partial charge in [0.1, 0.15) is 42.7 Å². The second kappa shape index (κ2) is 40.9. The van der Waals surface area contributed by atoms with E-state index in [1.54, 1.807) is 126 Å². The van der Waals surface area contributed by atoms with E-state index in [-0.39, 0.29) is 0 Å². The molecule has 0 radical (unpaired) electrons. The summed E-state index contributed by atoms with van der Waals surface area (Å²) in [4.78, 5) is 102. The third kappa shape index (κ3) is 23.5. The van der Waals surface area contributed by atoms with E-state index in [4.69, 9.17) is 77.4 Å². The number of aliphatic hydroxyl groups is 4. The topological polar surface area (TPSA) is 344 Å². The fourth-order valence-electron chi connectivity index (χ4n) is 12.5. The standard InChI is InChI=1S/C28H29ClN2O7S.C24H26BrClO7S.C21H21ClN2O5S.C5H6N2/c1-5-23-26(35-15(2)32)28(37-17(4)34)27(36-16(3)33)25(38-23)18-6-8-21(29)19(12-18)13-20-7-9-24(39-20)22-14-30-10-11-31-22;1-5-19-22(30-12(2)27)24(32-14(4)29)23(31-13(3)28)21(33-19)15-6-8-18(26)16(10-15)11-17-7-9-20(25)34-17;22-14-3-1-11(21-20(28)19(27)18(26)16(10-25)29-21)7-12(14)8-13-2-4-17(30-13)15-9-23-5-6-24-15;1-5-4-6-2-3-7-5/h6-12,14,23,25-28H,5,13H2,1-4H3;6-10,19,21-24H,5,11H2,1-4H3;1-7,9,16,18-21,25-28H,8,10H2;2-4H,1H3/t23-,25?,26-,27+,28+;19-,21?,22-,23+,24+;16-,18-,19+,20-,21?;/m111./s1. The Bertz CT molecular complexity index is 4570. The van der Waals surface area contributed by atoms with Crippen LogP contribution in [0.5, 0.6) is 0 Å². The fourth-order valence-corrected chi connectivity index (χ4v) is 16.6. The molecule has 110 heavy (non-hydrogen) atoms. The minimum absolute atomic E-state index is 0.458. The monoisotopic (exact) mass is 1690 g/mol. The van der Waals surface area contributed by atoms with Gasteiger partial charge in [-0.3, -0.25) is 58.7 Å². The Morgan fingerprint density at radius 2 is 0.782 bits per heavy atom. The fraction of sp³-hybridized carbons (Fsp3) is 0.385. The third-order valence-electron chi connectivity index (χ3n) is 17.3. The van der Waals surface area contributed by atoms with Gasteiger partial charge in [0.2, 0.25) is 0 Å². The maximum absolute atomic E-state index is 12.1. The first-order chi connectivity index (χ1) is 52.6. The molecule has 0 spiro atoms. The van der Waals surface area contributed by atoms with Crippen molar-refractivity contribution < 1.29 is 91.8 Å². The number of hydrogen-bond acceptors (Lipinski definition) is 28. The zero-order valence-electron chi connectivity index (χ0n) is 61.1. The molecular formula is C78H82BrCl3N6O19S3. The van der Waals surface area contributed by atoms with Crippen LogP contribution >= 0.6 is 84.7 Å². The molecule has 15 atom stereocenters. The molecule has 32 heteroatoms. The minimum atomic E-state index is -1.42. The zero-order valence-corrected chi connectivity index (χ0v) is 67.4. The lowest BCUT2D eigenvalue weighted by molar-refractivity contribution is -0.249. The summed E-state index contributed by atoms with van der Waals surface area (Å²) in [5.74, 6) is -3.48. The lowest BCUT2D eigenvalue weighted by Gasteiger charge is -2.44. The van der Waals surface area contributed by atoms with Crippen molar-refractivity contribution in [1.29, 1.82) is 0 Å². The van der Waals surface area contributed by atoms with Crippen LogP contribution in [0.2, 0.25) is 15.1 Å². The highest BCUT2D eigenvalue weighted by Gasteiger charge is 2.53. The van der Waals surface area contributed by atoms with E-state index >= 15 is 0 Å². The van der Waals surface area contributed by atoms with E-state index in [9.17, 15) is 49.2 Å². The van der Waals surface area contributed by atoms with Crippen LogP contribution in [0.3, 0.4) is 0 Å². The summed E-state index contributed by atoms with van der Waals surface area (Å²) in [6.07, 6.45) is 2.85. The number of benzene rings is 3. The van der Waals surface area contributed by atoms with Crippen molar-refractivity contribution in [3.8, 4) is 21.1 Å². The number of carbonyl (C=O) groups excluding carboxylic acids is 6. The summed E-state index contributed by atoms with van der Waals surface area (Å²) in [7, 11) is 0. The number of hydrogen-bond donors (Lipinski definition) is 4. The lowest BCUT2D eigenvalue weighted by atomic mass is 9.88. The van der Waals surface area contributed by atoms with Crippen molar-refractivity contribution in [2.45, 2.75) is 186 Å². The quantitative estimate of drug-likeness (QED) is 0.0407. The minimum Gasteiger partial charge on any atom is -0.456 e. The molecule has 3 fully saturated rings. The number of esters is 6. The van der Waals surface area contributed by atoms with Crippen LogP contribution in [0.4, 0.5) is 0 Å². The van der Waals surface area contributed by atoms with Crippen molar-refractivity contribution in [3.05, 3.63) is 219 Å². The van der Waals surface area contributed by atoms with Gasteiger partial charge in [-0.15, -0.1) is 34.0 Å². The highest BCUT2D eigenvalue weighted by Crippen LogP contribution is 2.43. The first kappa shape index (κ1) is 85.9. The summed E-state index contributed by atoms with van der Waals surface area (Å²) >= 11 is 27.7. The summed E-state index contributed by atoms with van der Waals surface area (Å²) in [6, 6.07) is 28.1. The molecule has 3 unspecified atom stereocenters. The molecule has 9 aromatic rings. The SMILES string of the molecule is CC[C@H]1OC(c2ccc(Cl)c(Cc3ccc(-c4cnccn4)s3)c2)[C@H](OC(C)=O)[C@@H](OC(C)=O)[C@@H]1OC(C)=O.CC[C@H]1OC(c2ccc(Cl)c(Cc3ccc(Br)s3)c2)[C@H](OC(C)=O)[C@@H](OC(C)=O)[C@@H]1OC(C)=O.Cc1cnccn1.OC[C@H]1OC(c2ccc(Cl)c(Cc3ccc(-c4cnccn4)s3)c2)[C@H](O)[C@@H](O)[C@@H]1O. The third-order valence-corrected chi connectivity index (χ3v) is 22.3. The number of ether oxygens (including phenoxy) is 9. The van der Waals surface area contributed by atoms with Gasteiger partial charge >= 0.3 is 35.8 Å². The van der Waals surface area contributed by atoms with Crippen LogP contribution in [0, 0.1) is 6.92 Å². The molecule has 9 heterocycles. The smallest absolute Gasteiger partial charge is 0.303 e. The molecule has 0 amide bonds. The van der Waals surface area contributed by atoms with E-state index in [1.807, 2.05) is 75.4 Å². The molecule has 3 saturated heterocycles. The number of nitrogens with zero attached hydrogens (tertiary/aromatic N) is 6. The maximum Gasteiger partial charge on any atom is 0.303 e. The highest BCUT2D eigenvalue weighted by molar-refractivity contribution is 9.11. The van der Waals surface area contributed by atoms with Gasteiger partial charge in [0.05, 0.1) is 61.8 Å². The lowest BCUT2D eigenvalue weighted by Crippen LogP contribution is -2.58. The zero-order chi connectivity index (χ0) is 79.5. The Balaban J connectivity index is 0.000000182. The number of carbonyl (C=O) groups is 6. The van der Waals surface area contributed by atoms with E-state index < -0.39 is 134 Å². The first-order valence-corrected chi connectivity index (χ1v) is 39.2. The van der Waals surface area contributed by atoms with Gasteiger partial charge in [-0.25, -0.2) is 0 Å². The predicted molar refractivity (Wildman–Crippen MR) is 414 cm³/mol. The normalized spacial score (nSPS) is 23.4. The van der Waals surface area contributed by atoms with E-state index in [0.717, 1.165) is 61.9 Å². The number of rotatable bonds is 20. The molecule has 584 valence electrons. The van der Waals surface area contributed by atoms with Crippen LogP contribution < -0.4 is 0 Å². The number of aryl methyl sites for hydroxylation is 1. The Kier molecular flexibility index (Phi) is 31.9. The number of halogens is 4. The molecule has 4 N–H and O–H groups in total. The molecule has 25 nitrogen and oxygen atoms in total. The Labute approximate surface area is 670 Å². The molecule has 6 aromatic heterocycles. The predicted octanol–water partition coefficient (Wildman–Crippen LogP) is 13.2.